The van der Waals surface area contributed by atoms with E-state index < -0.39 is 26.7 Å². The van der Waals surface area contributed by atoms with Gasteiger partial charge in [0.15, 0.2) is 0 Å². The molecule has 8 nitrogen and oxygen atoms in total. The zero-order valence-electron chi connectivity index (χ0n) is 4.34. The minimum atomic E-state index is -5.62. The van der Waals surface area contributed by atoms with E-state index in [2.05, 4.69) is 0 Å². The molecule has 0 rings (SSSR count). The van der Waals surface area contributed by atoms with Crippen molar-refractivity contribution in [1.82, 2.24) is 0 Å². The molecule has 0 bridgehead atoms. The maximum absolute atomic E-state index is 8.58. The molecule has 0 aromatic heterocycles. The van der Waals surface area contributed by atoms with E-state index in [0.29, 0.717) is 0 Å². The van der Waals surface area contributed by atoms with Crippen LogP contribution in [0.5, 0.6) is 0 Å². The number of hydrogen-bond acceptors (Lipinski definition) is 8. The Hall–Kier alpha value is 0.767. The molecule has 0 N–H and O–H groups in total. The summed E-state index contributed by atoms with van der Waals surface area (Å²) in [5.74, 6) is 0. The largest absolute Gasteiger partial charge is 4.00 e. The summed E-state index contributed by atoms with van der Waals surface area (Å²) in [6.45, 7) is 0. The first-order valence-corrected chi connectivity index (χ1v) is 5.09. The van der Waals surface area contributed by atoms with Crippen molar-refractivity contribution in [2.75, 3.05) is 0 Å². The van der Waals surface area contributed by atoms with Gasteiger partial charge >= 0.3 is 79.9 Å². The van der Waals surface area contributed by atoms with Gasteiger partial charge in [-0.05, 0) is 0 Å². The Bertz CT molecular complexity index is 208. The third-order valence-electron chi connectivity index (χ3n) is 0. The molecule has 0 aliphatic rings. The van der Waals surface area contributed by atoms with Crippen LogP contribution in [-0.2, 0) is 63.1 Å². The van der Waals surface area contributed by atoms with E-state index >= 15 is 0 Å². The van der Waals surface area contributed by atoms with E-state index in [-0.39, 0.29) is 21.1 Å². The summed E-state index contributed by atoms with van der Waals surface area (Å²) < 4.78 is 68.6. The fourth-order valence-electron chi connectivity index (χ4n) is 0. The Kier molecular flexibility index (Phi) is 10.2. The van der Waals surface area contributed by atoms with Crippen molar-refractivity contribution in [1.29, 1.82) is 0 Å². The molecule has 0 amide bonds. The predicted octanol–water partition coefficient (Wildman–Crippen LogP) is -5.24. The smallest absolute Gasteiger partial charge is 4.00 e. The maximum Gasteiger partial charge on any atom is 4.00 e. The van der Waals surface area contributed by atoms with Crippen LogP contribution < -0.4 is 16.8 Å². The normalized spacial score (nSPS) is 10.5. The van der Waals surface area contributed by atoms with E-state index in [4.69, 9.17) is 32.1 Å². The molecule has 0 spiro atoms. The van der Waals surface area contributed by atoms with Crippen LogP contribution in [0.25, 0.3) is 0 Å². The minimum Gasteiger partial charge on any atom is 4.00 e. The molecular formula is Mn2O8Pt. The molecule has 0 aromatic carbocycles. The topological polar surface area (TPSA) is 161 Å². The molecule has 11 heteroatoms. The summed E-state index contributed by atoms with van der Waals surface area (Å²) in [5.41, 5.74) is 0. The molecule has 0 aliphatic carbocycles. The van der Waals surface area contributed by atoms with E-state index in [0.717, 1.165) is 0 Å². The van der Waals surface area contributed by atoms with Crippen molar-refractivity contribution in [2.24, 2.45) is 0 Å². The Morgan fingerprint density at radius 1 is 0.636 bits per heavy atom. The number of rotatable bonds is 0. The van der Waals surface area contributed by atoms with Crippen LogP contribution >= 0.6 is 0 Å². The van der Waals surface area contributed by atoms with Crippen LogP contribution in [0.1, 0.15) is 0 Å². The zero-order chi connectivity index (χ0) is 9.00. The van der Waals surface area contributed by atoms with Gasteiger partial charge in [0, 0.05) is 0 Å². The van der Waals surface area contributed by atoms with Gasteiger partial charge in [-0.3, -0.25) is 0 Å². The summed E-state index contributed by atoms with van der Waals surface area (Å²) in [6.07, 6.45) is 0. The average molecular weight is 433 g/mol. The third-order valence-corrected chi connectivity index (χ3v) is 0. The second-order valence-corrected chi connectivity index (χ2v) is 3.12. The van der Waals surface area contributed by atoms with Gasteiger partial charge in [0.1, 0.15) is 0 Å². The quantitative estimate of drug-likeness (QED) is 0.343. The van der Waals surface area contributed by atoms with E-state index in [9.17, 15) is 0 Å². The molecule has 11 heavy (non-hydrogen) atoms. The first-order valence-electron chi connectivity index (χ1n) is 1.23. The average Bonchev–Trinajstić information content (AvgIpc) is 1.12. The van der Waals surface area contributed by atoms with Crippen LogP contribution in [0.2, 0.25) is 0 Å². The van der Waals surface area contributed by atoms with E-state index in [1.54, 1.807) is 0 Å². The van der Waals surface area contributed by atoms with Crippen LogP contribution in [0.3, 0.4) is 0 Å². The van der Waals surface area contributed by atoms with Gasteiger partial charge < -0.3 is 0 Å². The van der Waals surface area contributed by atoms with E-state index in [1.807, 2.05) is 0 Å². The van der Waals surface area contributed by atoms with Crippen molar-refractivity contribution in [3.63, 3.8) is 0 Å². The Morgan fingerprint density at radius 2 is 0.636 bits per heavy atom. The molecule has 0 unspecified atom stereocenters. The standard InChI is InChI=1S/2Mn.8O.Pt/q;;;;;;4*-1;+4. The Morgan fingerprint density at radius 3 is 0.636 bits per heavy atom. The molecule has 0 saturated heterocycles. The summed E-state index contributed by atoms with van der Waals surface area (Å²) in [4.78, 5) is 0. The zero-order valence-corrected chi connectivity index (χ0v) is 8.97. The molecular weight excluding hydrogens is 433 g/mol. The third kappa shape index (κ3) is 1410. The Balaban J connectivity index is -0.000000107. The summed E-state index contributed by atoms with van der Waals surface area (Å²) >= 11 is -11.2. The van der Waals surface area contributed by atoms with Gasteiger partial charge in [-0.15, -0.1) is 0 Å². The van der Waals surface area contributed by atoms with E-state index in [1.165, 1.54) is 0 Å². The van der Waals surface area contributed by atoms with Gasteiger partial charge in [-0.25, -0.2) is 0 Å². The van der Waals surface area contributed by atoms with Crippen LogP contribution in [0, 0.1) is 0 Å². The maximum atomic E-state index is 8.58. The molecule has 72 valence electrons. The molecule has 0 fully saturated rings. The fourth-order valence-corrected chi connectivity index (χ4v) is 0. The predicted molar refractivity (Wildman–Crippen MR) is 2.75 cm³/mol. The minimum absolute atomic E-state index is 0. The Labute approximate surface area is 79.7 Å². The molecule has 0 saturated carbocycles. The second-order valence-electron chi connectivity index (χ2n) is 0.756. The summed E-state index contributed by atoms with van der Waals surface area (Å²) in [6, 6.07) is 0. The van der Waals surface area contributed by atoms with Gasteiger partial charge in [0.05, 0.1) is 0 Å². The van der Waals surface area contributed by atoms with Crippen molar-refractivity contribution >= 4 is 0 Å². The van der Waals surface area contributed by atoms with Crippen molar-refractivity contribution in [2.45, 2.75) is 0 Å². The SMILES string of the molecule is [O]=[Mn](=[O])([O-])[O-].[O]=[Mn](=[O])([O-])[O-].[Pt+4]. The molecule has 0 heterocycles. The molecule has 0 atom stereocenters. The van der Waals surface area contributed by atoms with Crippen LogP contribution in [-0.4, -0.2) is 0 Å². The summed E-state index contributed by atoms with van der Waals surface area (Å²) in [5, 5.41) is 0. The summed E-state index contributed by atoms with van der Waals surface area (Å²) in [7, 11) is 0. The monoisotopic (exact) mass is 433 g/mol. The van der Waals surface area contributed by atoms with Gasteiger partial charge in [0.25, 0.3) is 0 Å². The fraction of sp³-hybridized carbons (Fsp3) is 0. The van der Waals surface area contributed by atoms with Crippen LogP contribution in [0.15, 0.2) is 0 Å². The first-order chi connectivity index (χ1) is 4.00. The second kappa shape index (κ2) is 6.30. The van der Waals surface area contributed by atoms with Crippen molar-refractivity contribution < 1.29 is 79.9 Å². The molecule has 0 aromatic rings. The first kappa shape index (κ1) is 17.7. The van der Waals surface area contributed by atoms with Gasteiger partial charge in [0.2, 0.25) is 0 Å². The van der Waals surface area contributed by atoms with Crippen molar-refractivity contribution in [3.8, 4) is 0 Å². The van der Waals surface area contributed by atoms with Gasteiger partial charge in [-0.1, -0.05) is 0 Å². The molecule has 0 aliphatic heterocycles. The van der Waals surface area contributed by atoms with Gasteiger partial charge in [-0.2, -0.15) is 0 Å². The number of hydrogen-bond donors (Lipinski definition) is 0. The van der Waals surface area contributed by atoms with Crippen molar-refractivity contribution in [3.05, 3.63) is 0 Å². The van der Waals surface area contributed by atoms with Crippen LogP contribution in [0.4, 0.5) is 0 Å². The molecule has 0 radical (unpaired) electrons.